The number of nitrogens with two attached hydrogens (primary N) is 1. The molecule has 5 nitrogen and oxygen atoms in total. The molecule has 2 aromatic heterocycles. The van der Waals surface area contributed by atoms with Gasteiger partial charge in [0.2, 0.25) is 0 Å². The van der Waals surface area contributed by atoms with Crippen LogP contribution < -0.4 is 5.73 Å². The van der Waals surface area contributed by atoms with Gasteiger partial charge >= 0.3 is 0 Å². The Hall–Kier alpha value is -1.82. The molecule has 2 heterocycles. The molecule has 0 amide bonds. The summed E-state index contributed by atoms with van der Waals surface area (Å²) in [6, 6.07) is 3.70. The quantitative estimate of drug-likeness (QED) is 0.822. The fourth-order valence-electron chi connectivity index (χ4n) is 1.64. The molecule has 0 aliphatic heterocycles. The second-order valence-electron chi connectivity index (χ2n) is 4.07. The van der Waals surface area contributed by atoms with E-state index in [1.54, 1.807) is 16.9 Å². The first kappa shape index (κ1) is 10.3. The summed E-state index contributed by atoms with van der Waals surface area (Å²) in [5, 5.41) is 4.45. The Morgan fingerprint density at radius 1 is 1.41 bits per heavy atom. The molecule has 0 aromatic carbocycles. The first-order chi connectivity index (χ1) is 8.24. The predicted molar refractivity (Wildman–Crippen MR) is 67.0 cm³/mol. The molecule has 6 heteroatoms. The van der Waals surface area contributed by atoms with Gasteiger partial charge in [0.15, 0.2) is 0 Å². The summed E-state index contributed by atoms with van der Waals surface area (Å²) >= 11 is 4.89. The van der Waals surface area contributed by atoms with Crippen molar-refractivity contribution in [1.29, 1.82) is 0 Å². The molecular weight excluding hydrogens is 234 g/mol. The van der Waals surface area contributed by atoms with Crippen LogP contribution in [0.3, 0.4) is 0 Å². The number of rotatable bonds is 3. The highest BCUT2D eigenvalue weighted by Gasteiger charge is 2.26. The van der Waals surface area contributed by atoms with E-state index in [-0.39, 0.29) is 4.99 Å². The minimum absolute atomic E-state index is 0.267. The maximum atomic E-state index is 5.54. The summed E-state index contributed by atoms with van der Waals surface area (Å²) in [4.78, 5) is 8.68. The van der Waals surface area contributed by atoms with Gasteiger partial charge in [-0.15, -0.1) is 0 Å². The van der Waals surface area contributed by atoms with E-state index in [2.05, 4.69) is 15.1 Å². The molecule has 0 bridgehead atoms. The SMILES string of the molecule is NC(=S)c1ccnc(-n2ccc(C3CC3)n2)n1. The first-order valence-corrected chi connectivity index (χ1v) is 5.83. The molecular formula is C11H11N5S. The average molecular weight is 245 g/mol. The van der Waals surface area contributed by atoms with Crippen molar-refractivity contribution in [3.63, 3.8) is 0 Å². The Morgan fingerprint density at radius 2 is 2.24 bits per heavy atom. The lowest BCUT2D eigenvalue weighted by molar-refractivity contribution is 0.781. The fourth-order valence-corrected chi connectivity index (χ4v) is 1.76. The van der Waals surface area contributed by atoms with Gasteiger partial charge < -0.3 is 5.73 Å². The van der Waals surface area contributed by atoms with E-state index in [9.17, 15) is 0 Å². The van der Waals surface area contributed by atoms with Gasteiger partial charge in [0.1, 0.15) is 10.7 Å². The fraction of sp³-hybridized carbons (Fsp3) is 0.273. The first-order valence-electron chi connectivity index (χ1n) is 5.43. The molecule has 0 radical (unpaired) electrons. The molecule has 3 rings (SSSR count). The van der Waals surface area contributed by atoms with Crippen molar-refractivity contribution >= 4 is 17.2 Å². The highest BCUT2D eigenvalue weighted by Crippen LogP contribution is 2.38. The molecule has 0 spiro atoms. The van der Waals surface area contributed by atoms with Crippen LogP contribution in [-0.4, -0.2) is 24.7 Å². The van der Waals surface area contributed by atoms with Gasteiger partial charge in [0.25, 0.3) is 5.95 Å². The largest absolute Gasteiger partial charge is 0.388 e. The van der Waals surface area contributed by atoms with Crippen molar-refractivity contribution < 1.29 is 0 Å². The van der Waals surface area contributed by atoms with Crippen molar-refractivity contribution in [3.05, 3.63) is 35.9 Å². The van der Waals surface area contributed by atoms with Crippen LogP contribution in [-0.2, 0) is 0 Å². The molecule has 1 fully saturated rings. The van der Waals surface area contributed by atoms with Gasteiger partial charge in [-0.05, 0) is 25.0 Å². The number of thiocarbonyl (C=S) groups is 1. The van der Waals surface area contributed by atoms with E-state index in [1.807, 2.05) is 12.3 Å². The molecule has 0 unspecified atom stereocenters. The van der Waals surface area contributed by atoms with E-state index in [0.29, 0.717) is 17.6 Å². The van der Waals surface area contributed by atoms with Crippen molar-refractivity contribution in [2.75, 3.05) is 0 Å². The Labute approximate surface area is 104 Å². The van der Waals surface area contributed by atoms with Crippen LogP contribution in [0.15, 0.2) is 24.5 Å². The third kappa shape index (κ3) is 2.03. The van der Waals surface area contributed by atoms with Crippen LogP contribution in [0.25, 0.3) is 5.95 Å². The molecule has 0 atom stereocenters. The van der Waals surface area contributed by atoms with Crippen LogP contribution >= 0.6 is 12.2 Å². The third-order valence-corrected chi connectivity index (χ3v) is 2.91. The zero-order valence-corrected chi connectivity index (χ0v) is 9.89. The van der Waals surface area contributed by atoms with E-state index < -0.39 is 0 Å². The van der Waals surface area contributed by atoms with Gasteiger partial charge in [0.05, 0.1) is 5.69 Å². The zero-order chi connectivity index (χ0) is 11.8. The van der Waals surface area contributed by atoms with Crippen molar-refractivity contribution in [2.45, 2.75) is 18.8 Å². The monoisotopic (exact) mass is 245 g/mol. The van der Waals surface area contributed by atoms with Crippen LogP contribution in [0.1, 0.15) is 30.1 Å². The Balaban J connectivity index is 1.96. The molecule has 2 N–H and O–H groups in total. The summed E-state index contributed by atoms with van der Waals surface area (Å²) in [5.41, 5.74) is 7.20. The van der Waals surface area contributed by atoms with E-state index in [0.717, 1.165) is 5.69 Å². The summed E-state index contributed by atoms with van der Waals surface area (Å²) in [6.45, 7) is 0. The van der Waals surface area contributed by atoms with Crippen LogP contribution in [0.2, 0.25) is 0 Å². The lowest BCUT2D eigenvalue weighted by Gasteiger charge is -2.01. The van der Waals surface area contributed by atoms with Crippen molar-refractivity contribution in [3.8, 4) is 5.95 Å². The minimum Gasteiger partial charge on any atom is -0.388 e. The maximum absolute atomic E-state index is 5.54. The van der Waals surface area contributed by atoms with Crippen molar-refractivity contribution in [1.82, 2.24) is 19.7 Å². The van der Waals surface area contributed by atoms with Gasteiger partial charge in [-0.3, -0.25) is 0 Å². The summed E-state index contributed by atoms with van der Waals surface area (Å²) in [7, 11) is 0. The highest BCUT2D eigenvalue weighted by molar-refractivity contribution is 7.80. The minimum atomic E-state index is 0.267. The topological polar surface area (TPSA) is 69.6 Å². The molecule has 17 heavy (non-hydrogen) atoms. The molecule has 2 aromatic rings. The lowest BCUT2D eigenvalue weighted by atomic mass is 10.3. The van der Waals surface area contributed by atoms with E-state index >= 15 is 0 Å². The molecule has 86 valence electrons. The Kier molecular flexibility index (Phi) is 2.36. The van der Waals surface area contributed by atoms with Gasteiger partial charge in [-0.25, -0.2) is 14.6 Å². The van der Waals surface area contributed by atoms with Crippen LogP contribution in [0.5, 0.6) is 0 Å². The average Bonchev–Trinajstić information content (AvgIpc) is 3.07. The second-order valence-corrected chi connectivity index (χ2v) is 4.51. The predicted octanol–water partition coefficient (Wildman–Crippen LogP) is 1.17. The van der Waals surface area contributed by atoms with Crippen LogP contribution in [0, 0.1) is 0 Å². The van der Waals surface area contributed by atoms with Gasteiger partial charge in [-0.2, -0.15) is 5.10 Å². The van der Waals surface area contributed by atoms with Crippen LogP contribution in [0.4, 0.5) is 0 Å². The van der Waals surface area contributed by atoms with Gasteiger partial charge in [0, 0.05) is 18.3 Å². The Bertz CT molecular complexity index is 573. The normalized spacial score (nSPS) is 14.8. The Morgan fingerprint density at radius 3 is 2.94 bits per heavy atom. The third-order valence-electron chi connectivity index (χ3n) is 2.71. The second kappa shape index (κ2) is 3.89. The standard InChI is InChI=1S/C11H11N5S/c12-10(17)9-3-5-13-11(14-9)16-6-4-8(15-16)7-1-2-7/h3-7H,1-2H2,(H2,12,17). The lowest BCUT2D eigenvalue weighted by Crippen LogP contribution is -2.14. The highest BCUT2D eigenvalue weighted by atomic mass is 32.1. The van der Waals surface area contributed by atoms with Gasteiger partial charge in [-0.1, -0.05) is 12.2 Å². The maximum Gasteiger partial charge on any atom is 0.251 e. The number of nitrogens with zero attached hydrogens (tertiary/aromatic N) is 4. The van der Waals surface area contributed by atoms with E-state index in [1.165, 1.54) is 12.8 Å². The van der Waals surface area contributed by atoms with E-state index in [4.69, 9.17) is 18.0 Å². The molecule has 1 aliphatic rings. The number of hydrogen-bond acceptors (Lipinski definition) is 4. The summed E-state index contributed by atoms with van der Waals surface area (Å²) < 4.78 is 1.66. The zero-order valence-electron chi connectivity index (χ0n) is 9.08. The molecule has 1 aliphatic carbocycles. The molecule has 1 saturated carbocycles. The number of aromatic nitrogens is 4. The number of hydrogen-bond donors (Lipinski definition) is 1. The molecule has 0 saturated heterocycles. The van der Waals surface area contributed by atoms with Crippen molar-refractivity contribution in [2.24, 2.45) is 5.73 Å². The smallest absolute Gasteiger partial charge is 0.251 e. The summed E-state index contributed by atoms with van der Waals surface area (Å²) in [6.07, 6.45) is 5.96. The summed E-state index contributed by atoms with van der Waals surface area (Å²) in [5.74, 6) is 1.12.